The van der Waals surface area contributed by atoms with Crippen molar-refractivity contribution in [1.29, 1.82) is 0 Å². The molecule has 1 rings (SSSR count). The predicted molar refractivity (Wildman–Crippen MR) is 52.0 cm³/mol. The minimum atomic E-state index is -5.25. The van der Waals surface area contributed by atoms with Crippen LogP contribution in [0.25, 0.3) is 0 Å². The van der Waals surface area contributed by atoms with Gasteiger partial charge in [-0.15, -0.1) is 0 Å². The second-order valence-electron chi connectivity index (χ2n) is 3.68. The maximum Gasteiger partial charge on any atom is 0.471 e. The van der Waals surface area contributed by atoms with E-state index in [2.05, 4.69) is 4.74 Å². The Kier molecular flexibility index (Phi) is 3.61. The molecule has 1 fully saturated rings. The predicted octanol–water partition coefficient (Wildman–Crippen LogP) is -0.307. The highest BCUT2D eigenvalue weighted by atomic mass is 32.2. The molecule has 0 radical (unpaired) electrons. The Bertz CT molecular complexity index is 472. The number of methoxy groups -OCH3 is 1. The van der Waals surface area contributed by atoms with Crippen LogP contribution in [0.2, 0.25) is 0 Å². The molecule has 104 valence electrons. The van der Waals surface area contributed by atoms with Gasteiger partial charge >= 0.3 is 18.1 Å². The summed E-state index contributed by atoms with van der Waals surface area (Å²) in [6.45, 7) is 0.919. The summed E-state index contributed by atoms with van der Waals surface area (Å²) in [5.74, 6) is -4.44. The van der Waals surface area contributed by atoms with Crippen LogP contribution in [0.4, 0.5) is 13.2 Å². The van der Waals surface area contributed by atoms with Crippen LogP contribution in [0.5, 0.6) is 0 Å². The molecule has 0 N–H and O–H groups in total. The number of hydrogen-bond donors (Lipinski definition) is 0. The molecule has 0 bridgehead atoms. The van der Waals surface area contributed by atoms with Crippen molar-refractivity contribution < 1.29 is 35.9 Å². The largest absolute Gasteiger partial charge is 0.471 e. The number of hydrogen-bond acceptors (Lipinski definition) is 5. The highest BCUT2D eigenvalue weighted by Crippen LogP contribution is 2.29. The first-order valence-corrected chi connectivity index (χ1v) is 6.42. The fraction of sp³-hybridized carbons (Fsp3) is 0.750. The number of amides is 1. The summed E-state index contributed by atoms with van der Waals surface area (Å²) in [5.41, 5.74) is 0. The SMILES string of the molecule is COC(=O)[C@@H]1CS(=O)(=O)[C@H](C)N1C(=O)C(F)(F)F. The molecule has 0 unspecified atom stereocenters. The molecule has 2 atom stereocenters. The Hall–Kier alpha value is -1.32. The second-order valence-corrected chi connectivity index (χ2v) is 6.02. The summed E-state index contributed by atoms with van der Waals surface area (Å²) in [5, 5.41) is -1.71. The first-order chi connectivity index (χ1) is 8.02. The summed E-state index contributed by atoms with van der Waals surface area (Å²) in [4.78, 5) is 22.4. The van der Waals surface area contributed by atoms with E-state index in [9.17, 15) is 31.2 Å². The van der Waals surface area contributed by atoms with Crippen molar-refractivity contribution in [2.24, 2.45) is 0 Å². The Morgan fingerprint density at radius 2 is 1.83 bits per heavy atom. The zero-order valence-corrected chi connectivity index (χ0v) is 10.2. The average Bonchev–Trinajstić information content (AvgIpc) is 2.47. The molecule has 1 heterocycles. The van der Waals surface area contributed by atoms with E-state index < -0.39 is 45.1 Å². The van der Waals surface area contributed by atoms with Gasteiger partial charge in [-0.25, -0.2) is 13.2 Å². The Morgan fingerprint density at radius 1 is 1.33 bits per heavy atom. The molecule has 0 saturated carbocycles. The summed E-state index contributed by atoms with van der Waals surface area (Å²) in [6, 6.07) is -1.76. The molecule has 0 spiro atoms. The number of nitrogens with zero attached hydrogens (tertiary/aromatic N) is 1. The second kappa shape index (κ2) is 4.41. The number of rotatable bonds is 1. The van der Waals surface area contributed by atoms with Crippen LogP contribution >= 0.6 is 0 Å². The van der Waals surface area contributed by atoms with Crippen LogP contribution in [-0.4, -0.2) is 55.6 Å². The quantitative estimate of drug-likeness (QED) is 0.619. The van der Waals surface area contributed by atoms with Gasteiger partial charge in [-0.2, -0.15) is 13.2 Å². The fourth-order valence-corrected chi connectivity index (χ4v) is 3.24. The van der Waals surface area contributed by atoms with Gasteiger partial charge in [0, 0.05) is 0 Å². The number of alkyl halides is 3. The fourth-order valence-electron chi connectivity index (χ4n) is 1.64. The lowest BCUT2D eigenvalue weighted by molar-refractivity contribution is -0.189. The highest BCUT2D eigenvalue weighted by molar-refractivity contribution is 7.92. The van der Waals surface area contributed by atoms with Crippen LogP contribution in [0.3, 0.4) is 0 Å². The van der Waals surface area contributed by atoms with Crippen LogP contribution < -0.4 is 0 Å². The van der Waals surface area contributed by atoms with Crippen LogP contribution in [0.1, 0.15) is 6.92 Å². The Balaban J connectivity index is 3.20. The molecule has 1 saturated heterocycles. The summed E-state index contributed by atoms with van der Waals surface area (Å²) >= 11 is 0. The van der Waals surface area contributed by atoms with E-state index in [1.807, 2.05) is 0 Å². The smallest absolute Gasteiger partial charge is 0.467 e. The molecule has 0 aromatic heterocycles. The van der Waals surface area contributed by atoms with E-state index >= 15 is 0 Å². The van der Waals surface area contributed by atoms with Gasteiger partial charge in [0.15, 0.2) is 9.84 Å². The first-order valence-electron chi connectivity index (χ1n) is 4.71. The minimum absolute atomic E-state index is 0.00116. The van der Waals surface area contributed by atoms with Crippen LogP contribution in [0.15, 0.2) is 0 Å². The first kappa shape index (κ1) is 14.7. The standard InChI is InChI=1S/C8H10F3NO5S/c1-4-12(7(14)8(9,10)11)5(6(13)17-2)3-18(4,15)16/h4-5H,3H2,1-2H3/t4-,5+/m1/s1. The third kappa shape index (κ3) is 2.42. The Labute approximate surface area is 101 Å². The molecule has 0 aromatic carbocycles. The van der Waals surface area contributed by atoms with Gasteiger partial charge in [-0.1, -0.05) is 0 Å². The lowest BCUT2D eigenvalue weighted by Gasteiger charge is -2.25. The highest BCUT2D eigenvalue weighted by Gasteiger charge is 2.55. The van der Waals surface area contributed by atoms with Crippen LogP contribution in [-0.2, 0) is 24.2 Å². The summed E-state index contributed by atoms with van der Waals surface area (Å²) in [7, 11) is -3.08. The van der Waals surface area contributed by atoms with Crippen molar-refractivity contribution in [3.05, 3.63) is 0 Å². The monoisotopic (exact) mass is 289 g/mol. The molecule has 1 aliphatic heterocycles. The molecule has 6 nitrogen and oxygen atoms in total. The third-order valence-electron chi connectivity index (χ3n) is 2.59. The van der Waals surface area contributed by atoms with Crippen molar-refractivity contribution in [3.63, 3.8) is 0 Å². The molecule has 10 heteroatoms. The van der Waals surface area contributed by atoms with Gasteiger partial charge in [-0.05, 0) is 6.92 Å². The Morgan fingerprint density at radius 3 is 2.22 bits per heavy atom. The molecule has 0 aliphatic carbocycles. The number of sulfone groups is 1. The number of esters is 1. The maximum atomic E-state index is 12.3. The molecular formula is C8H10F3NO5S. The zero-order chi connectivity index (χ0) is 14.3. The lowest BCUT2D eigenvalue weighted by Crippen LogP contribution is -2.50. The van der Waals surface area contributed by atoms with Gasteiger partial charge in [0.05, 0.1) is 12.9 Å². The van der Waals surface area contributed by atoms with E-state index in [1.165, 1.54) is 0 Å². The number of halogens is 3. The van der Waals surface area contributed by atoms with Crippen molar-refractivity contribution >= 4 is 21.7 Å². The number of ether oxygens (including phenoxy) is 1. The van der Waals surface area contributed by atoms with Crippen molar-refractivity contribution in [2.75, 3.05) is 12.9 Å². The van der Waals surface area contributed by atoms with Crippen molar-refractivity contribution in [2.45, 2.75) is 24.5 Å². The third-order valence-corrected chi connectivity index (χ3v) is 4.63. The molecule has 1 aliphatic rings. The van der Waals surface area contributed by atoms with Crippen LogP contribution in [0, 0.1) is 0 Å². The van der Waals surface area contributed by atoms with Crippen molar-refractivity contribution in [1.82, 2.24) is 4.90 Å². The van der Waals surface area contributed by atoms with Gasteiger partial charge in [0.2, 0.25) is 0 Å². The van der Waals surface area contributed by atoms with E-state index in [0.717, 1.165) is 14.0 Å². The van der Waals surface area contributed by atoms with Crippen molar-refractivity contribution in [3.8, 4) is 0 Å². The van der Waals surface area contributed by atoms with Gasteiger partial charge in [-0.3, -0.25) is 4.79 Å². The van der Waals surface area contributed by atoms with Gasteiger partial charge in [0.25, 0.3) is 0 Å². The molecule has 1 amide bonds. The van der Waals surface area contributed by atoms with Gasteiger partial charge < -0.3 is 9.64 Å². The van der Waals surface area contributed by atoms with E-state index in [-0.39, 0.29) is 4.90 Å². The number of carbonyl (C=O) groups excluding carboxylic acids is 2. The normalized spacial score (nSPS) is 27.1. The molecule has 0 aromatic rings. The number of carbonyl (C=O) groups is 2. The molecular weight excluding hydrogens is 279 g/mol. The summed E-state index contributed by atoms with van der Waals surface area (Å²) < 4.78 is 64.1. The van der Waals surface area contributed by atoms with E-state index in [4.69, 9.17) is 0 Å². The van der Waals surface area contributed by atoms with E-state index in [0.29, 0.717) is 0 Å². The summed E-state index contributed by atoms with van der Waals surface area (Å²) in [6.07, 6.45) is -5.25. The lowest BCUT2D eigenvalue weighted by atomic mass is 10.2. The minimum Gasteiger partial charge on any atom is -0.467 e. The maximum absolute atomic E-state index is 12.3. The van der Waals surface area contributed by atoms with Gasteiger partial charge in [0.1, 0.15) is 11.4 Å². The van der Waals surface area contributed by atoms with E-state index in [1.54, 1.807) is 0 Å². The average molecular weight is 289 g/mol. The topological polar surface area (TPSA) is 80.8 Å². The molecule has 18 heavy (non-hydrogen) atoms. The zero-order valence-electron chi connectivity index (χ0n) is 9.39.